The van der Waals surface area contributed by atoms with Crippen LogP contribution >= 0.6 is 11.3 Å². The molecule has 2 aromatic rings. The van der Waals surface area contributed by atoms with E-state index in [1.54, 1.807) is 4.90 Å². The number of hydrogen-bond donors (Lipinski definition) is 1. The third-order valence-corrected chi connectivity index (χ3v) is 6.40. The van der Waals surface area contributed by atoms with Crippen molar-refractivity contribution in [1.82, 2.24) is 10.2 Å². The van der Waals surface area contributed by atoms with E-state index in [0.29, 0.717) is 24.7 Å². The molecule has 0 bridgehead atoms. The first-order valence-electron chi connectivity index (χ1n) is 9.07. The molecule has 1 aromatic carbocycles. The Bertz CT molecular complexity index is 825. The SMILES string of the molecule is O=C(NC1CCCC1)c1cc2c(s1)CCN(C(=O)c1ccc(F)cc1)C2. The van der Waals surface area contributed by atoms with Crippen LogP contribution in [0.4, 0.5) is 4.39 Å². The Hall–Kier alpha value is -2.21. The molecule has 136 valence electrons. The molecule has 4 rings (SSSR count). The van der Waals surface area contributed by atoms with Gasteiger partial charge in [-0.3, -0.25) is 9.59 Å². The number of thiophene rings is 1. The van der Waals surface area contributed by atoms with Crippen LogP contribution in [0.5, 0.6) is 0 Å². The van der Waals surface area contributed by atoms with E-state index in [1.165, 1.54) is 53.3 Å². The lowest BCUT2D eigenvalue weighted by molar-refractivity contribution is 0.0735. The van der Waals surface area contributed by atoms with E-state index < -0.39 is 0 Å². The molecular formula is C20H21FN2O2S. The molecule has 4 nitrogen and oxygen atoms in total. The molecule has 2 amide bonds. The third kappa shape index (κ3) is 3.51. The Balaban J connectivity index is 1.45. The summed E-state index contributed by atoms with van der Waals surface area (Å²) in [5.41, 5.74) is 1.54. The fourth-order valence-corrected chi connectivity index (χ4v) is 4.79. The quantitative estimate of drug-likeness (QED) is 0.892. The maximum absolute atomic E-state index is 13.1. The molecule has 0 unspecified atom stereocenters. The van der Waals surface area contributed by atoms with Crippen molar-refractivity contribution in [3.05, 3.63) is 57.0 Å². The van der Waals surface area contributed by atoms with Gasteiger partial charge in [0.1, 0.15) is 5.82 Å². The Labute approximate surface area is 156 Å². The van der Waals surface area contributed by atoms with E-state index in [4.69, 9.17) is 0 Å². The third-order valence-electron chi connectivity index (χ3n) is 5.16. The van der Waals surface area contributed by atoms with Gasteiger partial charge in [0.15, 0.2) is 0 Å². The number of halogens is 1. The van der Waals surface area contributed by atoms with Gasteiger partial charge in [0.25, 0.3) is 11.8 Å². The van der Waals surface area contributed by atoms with Gasteiger partial charge >= 0.3 is 0 Å². The molecule has 1 fully saturated rings. The Morgan fingerprint density at radius 3 is 2.62 bits per heavy atom. The molecule has 2 aliphatic rings. The number of fused-ring (bicyclic) bond motifs is 1. The Morgan fingerprint density at radius 2 is 1.88 bits per heavy atom. The molecular weight excluding hydrogens is 351 g/mol. The Morgan fingerprint density at radius 1 is 1.15 bits per heavy atom. The molecule has 26 heavy (non-hydrogen) atoms. The van der Waals surface area contributed by atoms with Gasteiger partial charge in [-0.15, -0.1) is 11.3 Å². The van der Waals surface area contributed by atoms with Gasteiger partial charge in [-0.05, 0) is 55.2 Å². The van der Waals surface area contributed by atoms with Crippen molar-refractivity contribution < 1.29 is 14.0 Å². The molecule has 1 N–H and O–H groups in total. The Kier molecular flexibility index (Phi) is 4.76. The molecule has 2 heterocycles. The standard InChI is InChI=1S/C20H21FN2O2S/c21-15-7-5-13(6-8-15)20(25)23-10-9-17-14(12-23)11-18(26-17)19(24)22-16-3-1-2-4-16/h5-8,11,16H,1-4,9-10,12H2,(H,22,24). The highest BCUT2D eigenvalue weighted by molar-refractivity contribution is 7.14. The van der Waals surface area contributed by atoms with E-state index >= 15 is 0 Å². The van der Waals surface area contributed by atoms with Crippen LogP contribution in [0, 0.1) is 5.82 Å². The van der Waals surface area contributed by atoms with Gasteiger partial charge < -0.3 is 10.2 Å². The van der Waals surface area contributed by atoms with Gasteiger partial charge in [-0.25, -0.2) is 4.39 Å². The number of nitrogens with one attached hydrogen (secondary N) is 1. The predicted octanol–water partition coefficient (Wildman–Crippen LogP) is 3.76. The topological polar surface area (TPSA) is 49.4 Å². The van der Waals surface area contributed by atoms with Crippen LogP contribution in [-0.2, 0) is 13.0 Å². The highest BCUT2D eigenvalue weighted by Gasteiger charge is 2.26. The number of amides is 2. The van der Waals surface area contributed by atoms with Crippen molar-refractivity contribution in [1.29, 1.82) is 0 Å². The highest BCUT2D eigenvalue weighted by atomic mass is 32.1. The number of hydrogen-bond acceptors (Lipinski definition) is 3. The summed E-state index contributed by atoms with van der Waals surface area (Å²) in [4.78, 5) is 28.8. The van der Waals surface area contributed by atoms with Crippen LogP contribution < -0.4 is 5.32 Å². The van der Waals surface area contributed by atoms with Crippen LogP contribution in [0.25, 0.3) is 0 Å². The molecule has 1 aromatic heterocycles. The molecule has 0 spiro atoms. The second-order valence-corrected chi connectivity index (χ2v) is 8.13. The summed E-state index contributed by atoms with van der Waals surface area (Å²) >= 11 is 1.54. The van der Waals surface area contributed by atoms with Crippen molar-refractivity contribution in [2.24, 2.45) is 0 Å². The summed E-state index contributed by atoms with van der Waals surface area (Å²) in [5.74, 6) is -0.440. The summed E-state index contributed by atoms with van der Waals surface area (Å²) < 4.78 is 13.1. The summed E-state index contributed by atoms with van der Waals surface area (Å²) in [7, 11) is 0. The van der Waals surface area contributed by atoms with E-state index in [1.807, 2.05) is 6.07 Å². The van der Waals surface area contributed by atoms with Gasteiger partial charge in [-0.1, -0.05) is 12.8 Å². The maximum atomic E-state index is 13.1. The van der Waals surface area contributed by atoms with E-state index in [2.05, 4.69) is 5.32 Å². The van der Waals surface area contributed by atoms with Gasteiger partial charge in [-0.2, -0.15) is 0 Å². The minimum Gasteiger partial charge on any atom is -0.349 e. The van der Waals surface area contributed by atoms with Crippen molar-refractivity contribution in [2.75, 3.05) is 6.54 Å². The van der Waals surface area contributed by atoms with E-state index in [-0.39, 0.29) is 17.6 Å². The number of benzene rings is 1. The van der Waals surface area contributed by atoms with Gasteiger partial charge in [0.2, 0.25) is 0 Å². The molecule has 1 aliphatic carbocycles. The lowest BCUT2D eigenvalue weighted by atomic mass is 10.1. The van der Waals surface area contributed by atoms with Gasteiger partial charge in [0.05, 0.1) is 4.88 Å². The van der Waals surface area contributed by atoms with E-state index in [0.717, 1.165) is 29.7 Å². The zero-order chi connectivity index (χ0) is 18.1. The van der Waals surface area contributed by atoms with Crippen LogP contribution in [-0.4, -0.2) is 29.3 Å². The molecule has 6 heteroatoms. The second kappa shape index (κ2) is 7.19. The zero-order valence-corrected chi connectivity index (χ0v) is 15.3. The first-order chi connectivity index (χ1) is 12.6. The normalized spacial score (nSPS) is 17.2. The van der Waals surface area contributed by atoms with Crippen LogP contribution in [0.15, 0.2) is 30.3 Å². The smallest absolute Gasteiger partial charge is 0.261 e. The van der Waals surface area contributed by atoms with Crippen LogP contribution in [0.2, 0.25) is 0 Å². The largest absolute Gasteiger partial charge is 0.349 e. The molecule has 1 aliphatic heterocycles. The first kappa shape index (κ1) is 17.2. The van der Waals surface area contributed by atoms with Crippen molar-refractivity contribution in [3.63, 3.8) is 0 Å². The van der Waals surface area contributed by atoms with Crippen molar-refractivity contribution >= 4 is 23.2 Å². The van der Waals surface area contributed by atoms with Crippen molar-refractivity contribution in [2.45, 2.75) is 44.7 Å². The minimum atomic E-state index is -0.349. The summed E-state index contributed by atoms with van der Waals surface area (Å²) in [6.45, 7) is 1.12. The lowest BCUT2D eigenvalue weighted by Gasteiger charge is -2.27. The fourth-order valence-electron chi connectivity index (χ4n) is 3.72. The average molecular weight is 372 g/mol. The molecule has 0 saturated heterocycles. The monoisotopic (exact) mass is 372 g/mol. The number of nitrogens with zero attached hydrogens (tertiary/aromatic N) is 1. The second-order valence-electron chi connectivity index (χ2n) is 7.00. The summed E-state index contributed by atoms with van der Waals surface area (Å²) in [5, 5.41) is 3.12. The number of carbonyl (C=O) groups is 2. The number of rotatable bonds is 3. The minimum absolute atomic E-state index is 0.00714. The van der Waals surface area contributed by atoms with Crippen molar-refractivity contribution in [3.8, 4) is 0 Å². The highest BCUT2D eigenvalue weighted by Crippen LogP contribution is 2.29. The van der Waals surface area contributed by atoms with Crippen LogP contribution in [0.1, 0.15) is 56.2 Å². The molecule has 0 atom stereocenters. The van der Waals surface area contributed by atoms with Gasteiger partial charge in [0, 0.05) is 29.6 Å². The first-order valence-corrected chi connectivity index (χ1v) is 9.89. The predicted molar refractivity (Wildman–Crippen MR) is 98.9 cm³/mol. The summed E-state index contributed by atoms with van der Waals surface area (Å²) in [6, 6.07) is 7.87. The lowest BCUT2D eigenvalue weighted by Crippen LogP contribution is -2.35. The number of carbonyl (C=O) groups excluding carboxylic acids is 2. The molecule has 0 radical (unpaired) electrons. The maximum Gasteiger partial charge on any atom is 0.261 e. The summed E-state index contributed by atoms with van der Waals surface area (Å²) in [6.07, 6.45) is 5.26. The van der Waals surface area contributed by atoms with Crippen LogP contribution in [0.3, 0.4) is 0 Å². The molecule has 1 saturated carbocycles. The average Bonchev–Trinajstić information content (AvgIpc) is 3.30. The van der Waals surface area contributed by atoms with E-state index in [9.17, 15) is 14.0 Å². The zero-order valence-electron chi connectivity index (χ0n) is 14.5. The fraction of sp³-hybridized carbons (Fsp3) is 0.400.